The zero-order valence-corrected chi connectivity index (χ0v) is 16.8. The maximum absolute atomic E-state index is 12.9. The van der Waals surface area contributed by atoms with Crippen LogP contribution in [0.2, 0.25) is 0 Å². The molecule has 0 unspecified atom stereocenters. The van der Waals surface area contributed by atoms with Gasteiger partial charge < -0.3 is 14.5 Å². The Labute approximate surface area is 180 Å². The van der Waals surface area contributed by atoms with Crippen molar-refractivity contribution in [2.45, 2.75) is 13.1 Å². The summed E-state index contributed by atoms with van der Waals surface area (Å²) in [5.74, 6) is 0.0145. The van der Waals surface area contributed by atoms with Gasteiger partial charge in [0.05, 0.1) is 24.1 Å². The predicted molar refractivity (Wildman–Crippen MR) is 110 cm³/mol. The van der Waals surface area contributed by atoms with E-state index in [9.17, 15) is 18.0 Å². The van der Waals surface area contributed by atoms with Crippen LogP contribution in [0.5, 0.6) is 6.01 Å². The van der Waals surface area contributed by atoms with E-state index in [1.807, 2.05) is 0 Å². The number of alkyl halides is 3. The highest BCUT2D eigenvalue weighted by atomic mass is 19.4. The van der Waals surface area contributed by atoms with E-state index in [1.165, 1.54) is 29.1 Å². The Morgan fingerprint density at radius 1 is 1.12 bits per heavy atom. The molecule has 10 heteroatoms. The van der Waals surface area contributed by atoms with Gasteiger partial charge in [0, 0.05) is 11.3 Å². The number of halogens is 3. The molecular weight excluding hydrogens is 425 g/mol. The first-order chi connectivity index (χ1) is 15.3. The molecule has 0 aliphatic rings. The van der Waals surface area contributed by atoms with Crippen molar-refractivity contribution < 1.29 is 27.1 Å². The minimum Gasteiger partial charge on any atom is -0.463 e. The monoisotopic (exact) mass is 442 g/mol. The number of carbonyl (C=O) groups excluding carboxylic acids is 1. The van der Waals surface area contributed by atoms with Crippen LogP contribution in [-0.4, -0.2) is 27.3 Å². The molecule has 0 radical (unpaired) electrons. The number of benzene rings is 2. The van der Waals surface area contributed by atoms with Gasteiger partial charge in [0.15, 0.2) is 11.6 Å². The molecule has 0 aliphatic heterocycles. The molecule has 7 nitrogen and oxygen atoms in total. The predicted octanol–water partition coefficient (Wildman–Crippen LogP) is 5.20. The fourth-order valence-corrected chi connectivity index (χ4v) is 2.97. The minimum absolute atomic E-state index is 0.0763. The number of ether oxygens (including phenoxy) is 1. The second kappa shape index (κ2) is 8.58. The Hall–Kier alpha value is -4.08. The van der Waals surface area contributed by atoms with Crippen molar-refractivity contribution in [3.8, 4) is 23.1 Å². The quantitative estimate of drug-likeness (QED) is 0.444. The third kappa shape index (κ3) is 4.48. The van der Waals surface area contributed by atoms with Gasteiger partial charge >= 0.3 is 12.2 Å². The van der Waals surface area contributed by atoms with Gasteiger partial charge in [-0.2, -0.15) is 18.2 Å². The van der Waals surface area contributed by atoms with Gasteiger partial charge in [-0.1, -0.05) is 18.2 Å². The summed E-state index contributed by atoms with van der Waals surface area (Å²) in [5.41, 5.74) is 0.646. The average Bonchev–Trinajstić information content (AvgIpc) is 3.44. The van der Waals surface area contributed by atoms with E-state index in [0.29, 0.717) is 23.5 Å². The second-order valence-corrected chi connectivity index (χ2v) is 6.62. The van der Waals surface area contributed by atoms with Crippen LogP contribution >= 0.6 is 0 Å². The summed E-state index contributed by atoms with van der Waals surface area (Å²) in [4.78, 5) is 16.6. The molecule has 0 spiro atoms. The van der Waals surface area contributed by atoms with Crippen molar-refractivity contribution in [1.29, 1.82) is 0 Å². The van der Waals surface area contributed by atoms with Crippen molar-refractivity contribution >= 4 is 11.6 Å². The third-order valence-corrected chi connectivity index (χ3v) is 4.43. The maximum Gasteiger partial charge on any atom is 0.416 e. The number of hydrogen-bond acceptors (Lipinski definition) is 5. The van der Waals surface area contributed by atoms with Gasteiger partial charge in [0.25, 0.3) is 5.91 Å². The van der Waals surface area contributed by atoms with Crippen molar-refractivity contribution in [2.75, 3.05) is 11.9 Å². The van der Waals surface area contributed by atoms with Crippen molar-refractivity contribution in [3.63, 3.8) is 0 Å². The number of hydrogen-bond donors (Lipinski definition) is 1. The van der Waals surface area contributed by atoms with Gasteiger partial charge in [-0.25, -0.2) is 4.68 Å². The highest BCUT2D eigenvalue weighted by Crippen LogP contribution is 2.31. The largest absolute Gasteiger partial charge is 0.463 e. The normalized spacial score (nSPS) is 11.4. The van der Waals surface area contributed by atoms with Gasteiger partial charge in [0.1, 0.15) is 0 Å². The Kier molecular flexibility index (Phi) is 5.67. The van der Waals surface area contributed by atoms with Crippen LogP contribution in [0.1, 0.15) is 23.0 Å². The van der Waals surface area contributed by atoms with Crippen LogP contribution in [-0.2, 0) is 6.18 Å². The van der Waals surface area contributed by atoms with Gasteiger partial charge in [-0.3, -0.25) is 4.79 Å². The van der Waals surface area contributed by atoms with Crippen LogP contribution in [0.15, 0.2) is 71.3 Å². The third-order valence-electron chi connectivity index (χ3n) is 4.43. The number of carbonyl (C=O) groups is 1. The molecule has 0 aliphatic carbocycles. The van der Waals surface area contributed by atoms with E-state index < -0.39 is 17.6 Å². The highest BCUT2D eigenvalue weighted by Gasteiger charge is 2.30. The summed E-state index contributed by atoms with van der Waals surface area (Å²) in [7, 11) is 0. The lowest BCUT2D eigenvalue weighted by atomic mass is 10.1. The smallest absolute Gasteiger partial charge is 0.416 e. The van der Waals surface area contributed by atoms with E-state index in [4.69, 9.17) is 9.15 Å². The molecule has 0 saturated heterocycles. The number of aromatic nitrogens is 3. The molecule has 2 heterocycles. The molecule has 0 bridgehead atoms. The molecular formula is C22H17F3N4O3. The molecule has 4 rings (SSSR count). The molecule has 4 aromatic rings. The van der Waals surface area contributed by atoms with E-state index in [-0.39, 0.29) is 17.6 Å². The number of nitrogens with one attached hydrogen (secondary N) is 1. The lowest BCUT2D eigenvalue weighted by Gasteiger charge is -2.10. The first-order valence-corrected chi connectivity index (χ1v) is 9.58. The molecule has 2 aromatic heterocycles. The Bertz CT molecular complexity index is 1220. The van der Waals surface area contributed by atoms with Crippen LogP contribution in [0.25, 0.3) is 17.1 Å². The van der Waals surface area contributed by atoms with Crippen molar-refractivity contribution in [3.05, 3.63) is 78.3 Å². The minimum atomic E-state index is -4.44. The first kappa shape index (κ1) is 21.2. The summed E-state index contributed by atoms with van der Waals surface area (Å²) in [6.45, 7) is 2.08. The van der Waals surface area contributed by atoms with Crippen LogP contribution in [0.3, 0.4) is 0 Å². The number of nitrogens with zero attached hydrogens (tertiary/aromatic N) is 3. The van der Waals surface area contributed by atoms with Crippen LogP contribution in [0.4, 0.5) is 18.9 Å². The summed E-state index contributed by atoms with van der Waals surface area (Å²) in [6, 6.07) is 14.6. The maximum atomic E-state index is 12.9. The van der Waals surface area contributed by atoms with E-state index in [1.54, 1.807) is 37.3 Å². The number of furan rings is 1. The number of rotatable bonds is 6. The lowest BCUT2D eigenvalue weighted by Crippen LogP contribution is -2.11. The fourth-order valence-electron chi connectivity index (χ4n) is 2.97. The number of anilines is 1. The average molecular weight is 442 g/mol. The number of amides is 1. The standard InChI is InChI=1S/C22H17F3N4O3/c1-2-31-21-27-19(14-8-10-15(11-9-14)22(23,24)25)29(28-21)17-6-3-5-16(13-17)26-20(30)18-7-4-12-32-18/h3-13H,2H2,1H3,(H,26,30). The summed E-state index contributed by atoms with van der Waals surface area (Å²) in [6.07, 6.45) is -3.05. The van der Waals surface area contributed by atoms with Gasteiger partial charge in [-0.15, -0.1) is 5.10 Å². The summed E-state index contributed by atoms with van der Waals surface area (Å²) >= 11 is 0. The summed E-state index contributed by atoms with van der Waals surface area (Å²) in [5, 5.41) is 7.04. The fraction of sp³-hybridized carbons (Fsp3) is 0.136. The Morgan fingerprint density at radius 2 is 1.91 bits per heavy atom. The molecule has 1 N–H and O–H groups in total. The van der Waals surface area contributed by atoms with Crippen molar-refractivity contribution in [1.82, 2.24) is 14.8 Å². The lowest BCUT2D eigenvalue weighted by molar-refractivity contribution is -0.137. The van der Waals surface area contributed by atoms with Gasteiger partial charge in [0.2, 0.25) is 0 Å². The molecule has 0 saturated carbocycles. The molecule has 0 fully saturated rings. The van der Waals surface area contributed by atoms with Crippen molar-refractivity contribution in [2.24, 2.45) is 0 Å². The van der Waals surface area contributed by atoms with E-state index in [0.717, 1.165) is 12.1 Å². The van der Waals surface area contributed by atoms with Gasteiger partial charge in [-0.05, 0) is 49.4 Å². The zero-order valence-electron chi connectivity index (χ0n) is 16.8. The Morgan fingerprint density at radius 3 is 2.56 bits per heavy atom. The molecule has 2 aromatic carbocycles. The molecule has 1 amide bonds. The van der Waals surface area contributed by atoms with Crippen LogP contribution in [0, 0.1) is 0 Å². The summed E-state index contributed by atoms with van der Waals surface area (Å²) < 4.78 is 50.7. The van der Waals surface area contributed by atoms with E-state index in [2.05, 4.69) is 15.4 Å². The molecule has 164 valence electrons. The van der Waals surface area contributed by atoms with E-state index >= 15 is 0 Å². The molecule has 0 atom stereocenters. The first-order valence-electron chi connectivity index (χ1n) is 9.58. The van der Waals surface area contributed by atoms with Crippen LogP contribution < -0.4 is 10.1 Å². The second-order valence-electron chi connectivity index (χ2n) is 6.62. The SMILES string of the molecule is CCOc1nc(-c2ccc(C(F)(F)F)cc2)n(-c2cccc(NC(=O)c3ccco3)c2)n1. The topological polar surface area (TPSA) is 82.2 Å². The zero-order chi connectivity index (χ0) is 22.7. The highest BCUT2D eigenvalue weighted by molar-refractivity contribution is 6.02. The molecule has 32 heavy (non-hydrogen) atoms. The Balaban J connectivity index is 1.69.